The molecule has 31 heavy (non-hydrogen) atoms. The second kappa shape index (κ2) is 7.53. The Labute approximate surface area is 180 Å². The summed E-state index contributed by atoms with van der Waals surface area (Å²) in [6.45, 7) is 3.99. The van der Waals surface area contributed by atoms with E-state index in [1.54, 1.807) is 19.1 Å². The molecule has 1 saturated heterocycles. The number of rotatable bonds is 4. The number of sulfone groups is 1. The normalized spacial score (nSPS) is 29.3. The molecular formula is C18H25N3O8S2. The second-order valence-corrected chi connectivity index (χ2v) is 10.6. The molecule has 1 aromatic rings. The smallest absolute Gasteiger partial charge is 0.412 e. The Bertz CT molecular complexity index is 1160. The van der Waals surface area contributed by atoms with Crippen LogP contribution < -0.4 is 5.32 Å². The molecule has 11 nitrogen and oxygen atoms in total. The van der Waals surface area contributed by atoms with E-state index in [4.69, 9.17) is 14.4 Å². The Kier molecular flexibility index (Phi) is 5.74. The highest BCUT2D eigenvalue weighted by Crippen LogP contribution is 2.53. The highest BCUT2D eigenvalue weighted by Gasteiger charge is 2.65. The molecule has 0 spiro atoms. The number of benzene rings is 1. The van der Waals surface area contributed by atoms with Crippen LogP contribution in [0.25, 0.3) is 0 Å². The van der Waals surface area contributed by atoms with E-state index in [0.717, 1.165) is 24.5 Å². The molecule has 0 amide bonds. The molecule has 2 atom stereocenters. The maximum Gasteiger partial charge on any atom is 0.418 e. The van der Waals surface area contributed by atoms with Crippen LogP contribution >= 0.6 is 0 Å². The minimum atomic E-state index is -5.04. The van der Waals surface area contributed by atoms with Crippen molar-refractivity contribution in [1.82, 2.24) is 10.4 Å². The highest BCUT2D eigenvalue weighted by atomic mass is 32.3. The van der Waals surface area contributed by atoms with Crippen molar-refractivity contribution >= 4 is 26.1 Å². The number of nitrogens with one attached hydrogen (secondary N) is 2. The first kappa shape index (κ1) is 23.6. The first-order chi connectivity index (χ1) is 14.0. The van der Waals surface area contributed by atoms with E-state index in [2.05, 4.69) is 5.32 Å². The van der Waals surface area contributed by atoms with E-state index in [-0.39, 0.29) is 21.0 Å². The van der Waals surface area contributed by atoms with Gasteiger partial charge in [0.1, 0.15) is 10.6 Å². The molecule has 1 fully saturated rings. The highest BCUT2D eigenvalue weighted by molar-refractivity contribution is 7.95. The summed E-state index contributed by atoms with van der Waals surface area (Å²) in [7, 11) is -9.02. The van der Waals surface area contributed by atoms with Gasteiger partial charge in [-0.3, -0.25) is 9.96 Å². The summed E-state index contributed by atoms with van der Waals surface area (Å²) in [6.07, 6.45) is 3.32. The molecular weight excluding hydrogens is 450 g/mol. The largest absolute Gasteiger partial charge is 0.418 e. The fraction of sp³-hybridized carbons (Fsp3) is 0.500. The Hall–Kier alpha value is -2.03. The summed E-state index contributed by atoms with van der Waals surface area (Å²) >= 11 is 0. The van der Waals surface area contributed by atoms with Crippen molar-refractivity contribution in [3.8, 4) is 0 Å². The van der Waals surface area contributed by atoms with Gasteiger partial charge in [-0.15, -0.1) is 4.28 Å². The minimum absolute atomic E-state index is 0. The Morgan fingerprint density at radius 3 is 2.65 bits per heavy atom. The van der Waals surface area contributed by atoms with Gasteiger partial charge in [0.05, 0.1) is 4.90 Å². The lowest BCUT2D eigenvalue weighted by Crippen LogP contribution is -2.74. The van der Waals surface area contributed by atoms with E-state index < -0.39 is 37.3 Å². The second-order valence-electron chi connectivity index (χ2n) is 7.68. The first-order valence-corrected chi connectivity index (χ1v) is 12.4. The average Bonchev–Trinajstić information content (AvgIpc) is 2.68. The lowest BCUT2D eigenvalue weighted by atomic mass is 9.73. The van der Waals surface area contributed by atoms with E-state index in [1.807, 2.05) is 6.92 Å². The molecule has 0 saturated carbocycles. The van der Waals surface area contributed by atoms with E-state index in [1.165, 1.54) is 6.07 Å². The van der Waals surface area contributed by atoms with Crippen molar-refractivity contribution in [2.45, 2.75) is 55.7 Å². The number of ether oxygens (including phenoxy) is 1. The predicted molar refractivity (Wildman–Crippen MR) is 110 cm³/mol. The standard InChI is InChI=1S/C18H23N3O7S2.H2O/c1-3-17(8-4-5-9-27-17)18-13-10-12(2)6-7-14(13)29(22,23)16(20-18)11-15(19)21(18)28-30(24,25)26;/h6-7,10-11,19-20H,3-5,8-9H2,1-2H3,(H,24,25,26);1H2. The van der Waals surface area contributed by atoms with Crippen LogP contribution in [0.2, 0.25) is 0 Å². The van der Waals surface area contributed by atoms with Gasteiger partial charge in [0.15, 0.2) is 11.5 Å². The number of hydrogen-bond donors (Lipinski definition) is 3. The third-order valence-corrected chi connectivity index (χ3v) is 8.02. The van der Waals surface area contributed by atoms with Crippen LogP contribution in [-0.4, -0.2) is 50.0 Å². The molecule has 0 aliphatic carbocycles. The Morgan fingerprint density at radius 2 is 2.06 bits per heavy atom. The van der Waals surface area contributed by atoms with Crippen molar-refractivity contribution < 1.29 is 35.9 Å². The summed E-state index contributed by atoms with van der Waals surface area (Å²) in [5.74, 6) is -0.542. The fourth-order valence-corrected chi connectivity index (χ4v) is 6.55. The molecule has 3 aliphatic heterocycles. The van der Waals surface area contributed by atoms with Crippen LogP contribution in [0.3, 0.4) is 0 Å². The Balaban J connectivity index is 0.00000272. The summed E-state index contributed by atoms with van der Waals surface area (Å²) in [4.78, 5) is -0.0310. The number of fused-ring (bicyclic) bond motifs is 4. The quantitative estimate of drug-likeness (QED) is 0.534. The maximum absolute atomic E-state index is 13.2. The van der Waals surface area contributed by atoms with Gasteiger partial charge in [-0.25, -0.2) is 8.42 Å². The van der Waals surface area contributed by atoms with Crippen LogP contribution in [0.5, 0.6) is 0 Å². The van der Waals surface area contributed by atoms with Crippen LogP contribution in [0, 0.1) is 12.3 Å². The van der Waals surface area contributed by atoms with Gasteiger partial charge in [0, 0.05) is 18.2 Å². The number of hydroxylamine groups is 2. The van der Waals surface area contributed by atoms with Crippen LogP contribution in [0.1, 0.15) is 43.7 Å². The molecule has 2 unspecified atom stereocenters. The molecule has 13 heteroatoms. The summed E-state index contributed by atoms with van der Waals surface area (Å²) in [6, 6.07) is 4.71. The lowest BCUT2D eigenvalue weighted by molar-refractivity contribution is -0.236. The maximum atomic E-state index is 13.2. The summed E-state index contributed by atoms with van der Waals surface area (Å²) in [5.41, 5.74) is -1.91. The molecule has 4 rings (SSSR count). The van der Waals surface area contributed by atoms with Gasteiger partial charge in [0.2, 0.25) is 9.84 Å². The molecule has 172 valence electrons. The number of nitrogens with zero attached hydrogens (tertiary/aromatic N) is 1. The zero-order valence-corrected chi connectivity index (χ0v) is 18.6. The van der Waals surface area contributed by atoms with Crippen LogP contribution in [0.4, 0.5) is 0 Å². The van der Waals surface area contributed by atoms with Gasteiger partial charge in [-0.1, -0.05) is 24.6 Å². The zero-order valence-electron chi connectivity index (χ0n) is 17.0. The summed E-state index contributed by atoms with van der Waals surface area (Å²) < 4.78 is 70.4. The molecule has 3 heterocycles. The fourth-order valence-electron chi connectivity index (χ4n) is 4.64. The minimum Gasteiger partial charge on any atom is -0.412 e. The van der Waals surface area contributed by atoms with Gasteiger partial charge in [-0.05, 0) is 38.7 Å². The zero-order chi connectivity index (χ0) is 21.9. The van der Waals surface area contributed by atoms with Crippen molar-refractivity contribution in [1.29, 1.82) is 5.41 Å². The van der Waals surface area contributed by atoms with E-state index in [0.29, 0.717) is 24.5 Å². The monoisotopic (exact) mass is 475 g/mol. The van der Waals surface area contributed by atoms with E-state index >= 15 is 0 Å². The lowest BCUT2D eigenvalue weighted by Gasteiger charge is -2.59. The third-order valence-electron chi connectivity index (χ3n) is 5.95. The first-order valence-electron chi connectivity index (χ1n) is 9.53. The number of aryl methyl sites for hydroxylation is 1. The average molecular weight is 476 g/mol. The Morgan fingerprint density at radius 1 is 1.35 bits per heavy atom. The van der Waals surface area contributed by atoms with E-state index in [9.17, 15) is 21.4 Å². The van der Waals surface area contributed by atoms with Crippen molar-refractivity contribution in [3.63, 3.8) is 0 Å². The topological polar surface area (TPSA) is 178 Å². The van der Waals surface area contributed by atoms with Crippen LogP contribution in [0.15, 0.2) is 34.2 Å². The van der Waals surface area contributed by atoms with Crippen molar-refractivity contribution in [2.24, 2.45) is 0 Å². The van der Waals surface area contributed by atoms with Gasteiger partial charge in [-0.2, -0.15) is 13.5 Å². The molecule has 0 radical (unpaired) electrons. The number of hydrogen-bond acceptors (Lipinski definition) is 8. The predicted octanol–water partition coefficient (Wildman–Crippen LogP) is 0.918. The van der Waals surface area contributed by atoms with Crippen molar-refractivity contribution in [2.75, 3.05) is 6.61 Å². The summed E-state index contributed by atoms with van der Waals surface area (Å²) in [5, 5.41) is 11.8. The van der Waals surface area contributed by atoms with Gasteiger partial charge in [0.25, 0.3) is 0 Å². The van der Waals surface area contributed by atoms with Crippen molar-refractivity contribution in [3.05, 3.63) is 40.4 Å². The third kappa shape index (κ3) is 3.36. The molecule has 5 N–H and O–H groups in total. The molecule has 3 aliphatic rings. The van der Waals surface area contributed by atoms with Crippen LogP contribution in [-0.2, 0) is 34.9 Å². The molecule has 2 bridgehead atoms. The number of amidine groups is 1. The van der Waals surface area contributed by atoms with Gasteiger partial charge >= 0.3 is 10.4 Å². The molecule has 1 aromatic carbocycles. The van der Waals surface area contributed by atoms with Gasteiger partial charge < -0.3 is 15.5 Å². The SMILES string of the molecule is CCC1(C23NC(=CC(=N)N2OS(=O)(=O)O)S(=O)(=O)c2ccc(C)cc23)CCCCO1.O. The molecule has 0 aromatic heterocycles.